The second-order valence-electron chi connectivity index (χ2n) is 5.38. The number of aliphatic hydroxyl groups is 1. The van der Waals surface area contributed by atoms with Gasteiger partial charge in [0.05, 0.1) is 12.1 Å². The van der Waals surface area contributed by atoms with E-state index in [1.165, 1.54) is 5.56 Å². The molecule has 3 nitrogen and oxygen atoms in total. The lowest BCUT2D eigenvalue weighted by molar-refractivity contribution is 0.142. The van der Waals surface area contributed by atoms with Crippen LogP contribution in [0.2, 0.25) is 0 Å². The number of aryl methyl sites for hydroxylation is 1. The van der Waals surface area contributed by atoms with Gasteiger partial charge in [0.1, 0.15) is 0 Å². The van der Waals surface area contributed by atoms with E-state index < -0.39 is 6.10 Å². The van der Waals surface area contributed by atoms with E-state index in [2.05, 4.69) is 41.4 Å². The molecule has 0 aliphatic rings. The van der Waals surface area contributed by atoms with E-state index in [1.807, 2.05) is 44.4 Å². The average Bonchev–Trinajstić information content (AvgIpc) is 2.49. The van der Waals surface area contributed by atoms with Crippen molar-refractivity contribution in [1.82, 2.24) is 5.32 Å². The highest BCUT2D eigenvalue weighted by Crippen LogP contribution is 2.30. The lowest BCUT2D eigenvalue weighted by Crippen LogP contribution is -2.39. The quantitative estimate of drug-likeness (QED) is 0.858. The molecule has 4 heteroatoms. The molecular weight excluding hydrogens is 296 g/mol. The fourth-order valence-corrected chi connectivity index (χ4v) is 2.78. The van der Waals surface area contributed by atoms with E-state index in [9.17, 15) is 5.11 Å². The van der Waals surface area contributed by atoms with Gasteiger partial charge in [-0.3, -0.25) is 0 Å². The van der Waals surface area contributed by atoms with Gasteiger partial charge in [-0.15, -0.1) is 12.4 Å². The largest absolute Gasteiger partial charge is 0.389 e. The van der Waals surface area contributed by atoms with Gasteiger partial charge in [0.15, 0.2) is 0 Å². The molecule has 0 heterocycles. The number of benzene rings is 2. The van der Waals surface area contributed by atoms with Crippen molar-refractivity contribution in [2.75, 3.05) is 25.5 Å². The molecular formula is C18H25ClN2O. The van der Waals surface area contributed by atoms with Crippen molar-refractivity contribution in [3.8, 4) is 0 Å². The van der Waals surface area contributed by atoms with Crippen LogP contribution in [0.1, 0.15) is 17.2 Å². The lowest BCUT2D eigenvalue weighted by atomic mass is 9.98. The van der Waals surface area contributed by atoms with Crippen LogP contribution in [0.4, 0.5) is 5.69 Å². The standard InChI is InChI=1S/C18H24N2O.ClH/c1-14-9-7-8-12-16(14)20(3)18(17(21)13-19-2)15-10-5-4-6-11-15;/h4-12,17-19,21H,13H2,1-3H3;1H. The van der Waals surface area contributed by atoms with Crippen molar-refractivity contribution >= 4 is 18.1 Å². The first-order chi connectivity index (χ1) is 10.1. The molecule has 22 heavy (non-hydrogen) atoms. The highest BCUT2D eigenvalue weighted by Gasteiger charge is 2.25. The Morgan fingerprint density at radius 1 is 1.05 bits per heavy atom. The van der Waals surface area contributed by atoms with Gasteiger partial charge in [-0.25, -0.2) is 0 Å². The summed E-state index contributed by atoms with van der Waals surface area (Å²) in [5, 5.41) is 13.6. The molecule has 120 valence electrons. The number of nitrogens with one attached hydrogen (secondary N) is 1. The highest BCUT2D eigenvalue weighted by atomic mass is 35.5. The predicted molar refractivity (Wildman–Crippen MR) is 95.9 cm³/mol. The Hall–Kier alpha value is -1.55. The van der Waals surface area contributed by atoms with Crippen LogP contribution in [0.5, 0.6) is 0 Å². The molecule has 0 saturated heterocycles. The molecule has 0 spiro atoms. The van der Waals surface area contributed by atoms with E-state index >= 15 is 0 Å². The normalized spacial score (nSPS) is 13.1. The maximum Gasteiger partial charge on any atom is 0.0909 e. The number of likely N-dealkylation sites (N-methyl/N-ethyl adjacent to an activating group) is 2. The lowest BCUT2D eigenvalue weighted by Gasteiger charge is -2.35. The Morgan fingerprint density at radius 3 is 2.23 bits per heavy atom. The first kappa shape index (κ1) is 18.5. The van der Waals surface area contributed by atoms with Crippen LogP contribution in [0.15, 0.2) is 54.6 Å². The van der Waals surface area contributed by atoms with Gasteiger partial charge in [-0.2, -0.15) is 0 Å². The van der Waals surface area contributed by atoms with E-state index in [0.717, 1.165) is 11.3 Å². The number of halogens is 1. The Bertz CT molecular complexity index is 562. The van der Waals surface area contributed by atoms with Crippen molar-refractivity contribution in [2.45, 2.75) is 19.1 Å². The second kappa shape index (κ2) is 8.79. The number of nitrogens with zero attached hydrogens (tertiary/aromatic N) is 1. The number of hydrogen-bond donors (Lipinski definition) is 2. The van der Waals surface area contributed by atoms with Gasteiger partial charge in [0.25, 0.3) is 0 Å². The molecule has 2 aromatic carbocycles. The summed E-state index contributed by atoms with van der Waals surface area (Å²) in [6.45, 7) is 2.65. The van der Waals surface area contributed by atoms with Gasteiger partial charge in [-0.05, 0) is 31.2 Å². The highest BCUT2D eigenvalue weighted by molar-refractivity contribution is 5.85. The molecule has 2 aromatic rings. The molecule has 2 atom stereocenters. The summed E-state index contributed by atoms with van der Waals surface area (Å²) in [6.07, 6.45) is -0.484. The molecule has 0 amide bonds. The first-order valence-electron chi connectivity index (χ1n) is 7.31. The SMILES string of the molecule is CNCC(O)C(c1ccccc1)N(C)c1ccccc1C.Cl. The Balaban J connectivity index is 0.00000242. The van der Waals surface area contributed by atoms with E-state index in [-0.39, 0.29) is 18.4 Å². The molecule has 2 rings (SSSR count). The van der Waals surface area contributed by atoms with Crippen LogP contribution in [0, 0.1) is 6.92 Å². The fourth-order valence-electron chi connectivity index (χ4n) is 2.78. The minimum absolute atomic E-state index is 0. The summed E-state index contributed by atoms with van der Waals surface area (Å²) in [5.41, 5.74) is 3.46. The zero-order chi connectivity index (χ0) is 15.2. The molecule has 0 aliphatic carbocycles. The number of hydrogen-bond acceptors (Lipinski definition) is 3. The molecule has 2 N–H and O–H groups in total. The Labute approximate surface area is 139 Å². The molecule has 0 aromatic heterocycles. The molecule has 0 radical (unpaired) electrons. The Morgan fingerprint density at radius 2 is 1.64 bits per heavy atom. The molecule has 0 aliphatic heterocycles. The molecule has 2 unspecified atom stereocenters. The van der Waals surface area contributed by atoms with Gasteiger partial charge >= 0.3 is 0 Å². The summed E-state index contributed by atoms with van der Waals surface area (Å²) >= 11 is 0. The maximum atomic E-state index is 10.6. The summed E-state index contributed by atoms with van der Waals surface area (Å²) < 4.78 is 0. The van der Waals surface area contributed by atoms with Crippen LogP contribution in [-0.4, -0.2) is 31.9 Å². The van der Waals surface area contributed by atoms with Crippen molar-refractivity contribution in [3.05, 3.63) is 65.7 Å². The molecule has 0 bridgehead atoms. The van der Waals surface area contributed by atoms with Crippen molar-refractivity contribution in [2.24, 2.45) is 0 Å². The minimum atomic E-state index is -0.484. The van der Waals surface area contributed by atoms with Gasteiger partial charge in [-0.1, -0.05) is 48.5 Å². The topological polar surface area (TPSA) is 35.5 Å². The van der Waals surface area contributed by atoms with Gasteiger partial charge < -0.3 is 15.3 Å². The molecule has 0 saturated carbocycles. The van der Waals surface area contributed by atoms with Crippen LogP contribution >= 0.6 is 12.4 Å². The van der Waals surface area contributed by atoms with Crippen LogP contribution in [0.3, 0.4) is 0 Å². The predicted octanol–water partition coefficient (Wildman–Crippen LogP) is 3.17. The monoisotopic (exact) mass is 320 g/mol. The van der Waals surface area contributed by atoms with E-state index in [4.69, 9.17) is 0 Å². The minimum Gasteiger partial charge on any atom is -0.389 e. The zero-order valence-corrected chi connectivity index (χ0v) is 14.2. The fraction of sp³-hybridized carbons (Fsp3) is 0.333. The van der Waals surface area contributed by atoms with Gasteiger partial charge in [0, 0.05) is 19.3 Å². The maximum absolute atomic E-state index is 10.6. The first-order valence-corrected chi connectivity index (χ1v) is 7.31. The second-order valence-corrected chi connectivity index (χ2v) is 5.38. The van der Waals surface area contributed by atoms with Crippen LogP contribution in [0.25, 0.3) is 0 Å². The van der Waals surface area contributed by atoms with Gasteiger partial charge in [0.2, 0.25) is 0 Å². The third kappa shape index (κ3) is 4.23. The van der Waals surface area contributed by atoms with Crippen molar-refractivity contribution in [3.63, 3.8) is 0 Å². The van der Waals surface area contributed by atoms with Crippen molar-refractivity contribution in [1.29, 1.82) is 0 Å². The van der Waals surface area contributed by atoms with E-state index in [1.54, 1.807) is 0 Å². The molecule has 0 fully saturated rings. The Kier molecular flexibility index (Phi) is 7.39. The van der Waals surface area contributed by atoms with Crippen LogP contribution < -0.4 is 10.2 Å². The summed E-state index contributed by atoms with van der Waals surface area (Å²) in [4.78, 5) is 2.16. The third-order valence-electron chi connectivity index (χ3n) is 3.83. The number of aliphatic hydroxyl groups excluding tert-OH is 1. The van der Waals surface area contributed by atoms with E-state index in [0.29, 0.717) is 6.54 Å². The number of rotatable bonds is 6. The smallest absolute Gasteiger partial charge is 0.0909 e. The average molecular weight is 321 g/mol. The summed E-state index contributed by atoms with van der Waals surface area (Å²) in [5.74, 6) is 0. The van der Waals surface area contributed by atoms with Crippen molar-refractivity contribution < 1.29 is 5.11 Å². The number of anilines is 1. The summed E-state index contributed by atoms with van der Waals surface area (Å²) in [7, 11) is 3.90. The summed E-state index contributed by atoms with van der Waals surface area (Å²) in [6, 6.07) is 18.3. The zero-order valence-electron chi connectivity index (χ0n) is 13.4. The van der Waals surface area contributed by atoms with Crippen LogP contribution in [-0.2, 0) is 0 Å². The third-order valence-corrected chi connectivity index (χ3v) is 3.83. The number of para-hydroxylation sites is 1.